The van der Waals surface area contributed by atoms with Gasteiger partial charge in [-0.25, -0.2) is 0 Å². The Labute approximate surface area is 84.8 Å². The van der Waals surface area contributed by atoms with Crippen molar-refractivity contribution in [2.75, 3.05) is 0 Å². The summed E-state index contributed by atoms with van der Waals surface area (Å²) >= 11 is -0.0931. The summed E-state index contributed by atoms with van der Waals surface area (Å²) in [6.07, 6.45) is 3.55. The first-order valence-electron chi connectivity index (χ1n) is 4.00. The van der Waals surface area contributed by atoms with E-state index in [1.54, 1.807) is 24.3 Å². The van der Waals surface area contributed by atoms with Crippen LogP contribution in [0.25, 0.3) is 6.08 Å². The monoisotopic (exact) mass is 218 g/mol. The second kappa shape index (κ2) is 4.55. The number of allylic oxidation sites excluding steroid dienone is 1. The number of rotatable bonds is 2. The average Bonchev–Trinajstić information content (AvgIpc) is 2.02. The Balaban J connectivity index is 2.84. The van der Waals surface area contributed by atoms with Crippen molar-refractivity contribution in [1.29, 1.82) is 0 Å². The highest BCUT2D eigenvalue weighted by Crippen LogP contribution is 2.36. The molecule has 0 saturated heterocycles. The lowest BCUT2D eigenvalue weighted by Crippen LogP contribution is -1.98. The molecule has 0 aliphatic heterocycles. The standard InChI is InChI=1S/C10H9F3S/c1-2-4-8-5-3-6-9(7-8)14-10(11,12)13/h2-7H,1H3/b4-2+. The molecule has 0 nitrogen and oxygen atoms in total. The van der Waals surface area contributed by atoms with Crippen LogP contribution in [0.3, 0.4) is 0 Å². The Morgan fingerprint density at radius 2 is 2.00 bits per heavy atom. The van der Waals surface area contributed by atoms with Gasteiger partial charge in [-0.2, -0.15) is 13.2 Å². The normalized spacial score (nSPS) is 12.3. The number of hydrogen-bond acceptors (Lipinski definition) is 1. The van der Waals surface area contributed by atoms with Crippen LogP contribution in [0.5, 0.6) is 0 Å². The molecule has 0 N–H and O–H groups in total. The van der Waals surface area contributed by atoms with Crippen LogP contribution in [0.1, 0.15) is 12.5 Å². The van der Waals surface area contributed by atoms with Gasteiger partial charge < -0.3 is 0 Å². The summed E-state index contributed by atoms with van der Waals surface area (Å²) in [7, 11) is 0. The highest BCUT2D eigenvalue weighted by atomic mass is 32.2. The summed E-state index contributed by atoms with van der Waals surface area (Å²) < 4.78 is 36.0. The fraction of sp³-hybridized carbons (Fsp3) is 0.200. The first kappa shape index (κ1) is 11.2. The summed E-state index contributed by atoms with van der Waals surface area (Å²) in [4.78, 5) is 0.216. The van der Waals surface area contributed by atoms with Crippen LogP contribution in [-0.4, -0.2) is 5.51 Å². The summed E-state index contributed by atoms with van der Waals surface area (Å²) in [6, 6.07) is 6.34. The number of thioether (sulfide) groups is 1. The maximum atomic E-state index is 12.0. The minimum atomic E-state index is -4.21. The number of benzene rings is 1. The fourth-order valence-corrected chi connectivity index (χ4v) is 1.62. The SMILES string of the molecule is C/C=C/c1cccc(SC(F)(F)F)c1. The third kappa shape index (κ3) is 3.87. The van der Waals surface area contributed by atoms with Crippen LogP contribution in [0.2, 0.25) is 0 Å². The molecule has 1 rings (SSSR count). The van der Waals surface area contributed by atoms with Gasteiger partial charge in [0.1, 0.15) is 0 Å². The molecule has 4 heteroatoms. The van der Waals surface area contributed by atoms with Crippen molar-refractivity contribution in [3.8, 4) is 0 Å². The van der Waals surface area contributed by atoms with Gasteiger partial charge in [0.2, 0.25) is 0 Å². The van der Waals surface area contributed by atoms with E-state index in [4.69, 9.17) is 0 Å². The van der Waals surface area contributed by atoms with E-state index in [1.807, 2.05) is 6.92 Å². The van der Waals surface area contributed by atoms with Crippen molar-refractivity contribution in [3.05, 3.63) is 35.9 Å². The molecule has 0 unspecified atom stereocenters. The van der Waals surface area contributed by atoms with E-state index < -0.39 is 5.51 Å². The van der Waals surface area contributed by atoms with Crippen molar-refractivity contribution < 1.29 is 13.2 Å². The third-order valence-corrected chi connectivity index (χ3v) is 2.17. The number of hydrogen-bond donors (Lipinski definition) is 0. The first-order valence-corrected chi connectivity index (χ1v) is 4.81. The Morgan fingerprint density at radius 1 is 1.29 bits per heavy atom. The molecule has 0 fully saturated rings. The number of halogens is 3. The Kier molecular flexibility index (Phi) is 3.63. The van der Waals surface area contributed by atoms with Crippen molar-refractivity contribution in [2.24, 2.45) is 0 Å². The zero-order chi connectivity index (χ0) is 10.6. The smallest absolute Gasteiger partial charge is 0.160 e. The van der Waals surface area contributed by atoms with Gasteiger partial charge in [0.15, 0.2) is 0 Å². The molecule has 0 heterocycles. The van der Waals surface area contributed by atoms with Gasteiger partial charge >= 0.3 is 5.51 Å². The average molecular weight is 218 g/mol. The van der Waals surface area contributed by atoms with Crippen molar-refractivity contribution in [3.63, 3.8) is 0 Å². The van der Waals surface area contributed by atoms with E-state index in [0.717, 1.165) is 5.56 Å². The fourth-order valence-electron chi connectivity index (χ4n) is 1.01. The molecule has 76 valence electrons. The predicted octanol–water partition coefficient (Wildman–Crippen LogP) is 4.33. The lowest BCUT2D eigenvalue weighted by atomic mass is 10.2. The second-order valence-corrected chi connectivity index (χ2v) is 3.76. The molecule has 0 amide bonds. The van der Waals surface area contributed by atoms with Gasteiger partial charge in [0.25, 0.3) is 0 Å². The van der Waals surface area contributed by atoms with Gasteiger partial charge in [-0.05, 0) is 36.4 Å². The molecule has 0 aromatic heterocycles. The Morgan fingerprint density at radius 3 is 2.57 bits per heavy atom. The van der Waals surface area contributed by atoms with Crippen LogP contribution in [-0.2, 0) is 0 Å². The quantitative estimate of drug-likeness (QED) is 0.666. The van der Waals surface area contributed by atoms with E-state index in [1.165, 1.54) is 12.1 Å². The highest BCUT2D eigenvalue weighted by Gasteiger charge is 2.28. The zero-order valence-electron chi connectivity index (χ0n) is 7.51. The van der Waals surface area contributed by atoms with Crippen LogP contribution < -0.4 is 0 Å². The number of alkyl halides is 3. The third-order valence-electron chi connectivity index (χ3n) is 1.45. The summed E-state index contributed by atoms with van der Waals surface area (Å²) in [5, 5.41) is 0. The zero-order valence-corrected chi connectivity index (χ0v) is 8.32. The van der Waals surface area contributed by atoms with E-state index >= 15 is 0 Å². The molecule has 0 bridgehead atoms. The molecular weight excluding hydrogens is 209 g/mol. The van der Waals surface area contributed by atoms with Crippen LogP contribution in [0.15, 0.2) is 35.2 Å². The minimum Gasteiger partial charge on any atom is -0.160 e. The lowest BCUT2D eigenvalue weighted by Gasteiger charge is -2.05. The topological polar surface area (TPSA) is 0 Å². The molecule has 0 aliphatic carbocycles. The molecule has 0 atom stereocenters. The maximum absolute atomic E-state index is 12.0. The summed E-state index contributed by atoms with van der Waals surface area (Å²) in [5.41, 5.74) is -3.43. The largest absolute Gasteiger partial charge is 0.446 e. The molecule has 0 aliphatic rings. The van der Waals surface area contributed by atoms with Gasteiger partial charge in [-0.1, -0.05) is 24.3 Å². The maximum Gasteiger partial charge on any atom is 0.446 e. The molecule has 0 spiro atoms. The molecule has 14 heavy (non-hydrogen) atoms. The van der Waals surface area contributed by atoms with Crippen molar-refractivity contribution in [2.45, 2.75) is 17.3 Å². The van der Waals surface area contributed by atoms with Gasteiger partial charge in [-0.3, -0.25) is 0 Å². The molecule has 0 saturated carbocycles. The van der Waals surface area contributed by atoms with Gasteiger partial charge in [0, 0.05) is 4.90 Å². The van der Waals surface area contributed by atoms with Crippen LogP contribution in [0.4, 0.5) is 13.2 Å². The van der Waals surface area contributed by atoms with E-state index in [2.05, 4.69) is 0 Å². The Hall–Kier alpha value is -0.900. The van der Waals surface area contributed by atoms with E-state index in [-0.39, 0.29) is 16.7 Å². The molecule has 1 aromatic carbocycles. The van der Waals surface area contributed by atoms with Crippen molar-refractivity contribution >= 4 is 17.8 Å². The lowest BCUT2D eigenvalue weighted by molar-refractivity contribution is -0.0328. The first-order chi connectivity index (χ1) is 6.51. The van der Waals surface area contributed by atoms with Gasteiger partial charge in [-0.15, -0.1) is 0 Å². The van der Waals surface area contributed by atoms with Crippen LogP contribution >= 0.6 is 11.8 Å². The summed E-state index contributed by atoms with van der Waals surface area (Å²) in [5.74, 6) is 0. The summed E-state index contributed by atoms with van der Waals surface area (Å²) in [6.45, 7) is 1.82. The van der Waals surface area contributed by atoms with Crippen LogP contribution in [0, 0.1) is 0 Å². The second-order valence-electron chi connectivity index (χ2n) is 2.62. The predicted molar refractivity (Wildman–Crippen MR) is 53.1 cm³/mol. The Bertz CT molecular complexity index is 328. The minimum absolute atomic E-state index is 0.0931. The van der Waals surface area contributed by atoms with Gasteiger partial charge in [0.05, 0.1) is 0 Å². The molecular formula is C10H9F3S. The highest BCUT2D eigenvalue weighted by molar-refractivity contribution is 8.00. The van der Waals surface area contributed by atoms with E-state index in [0.29, 0.717) is 0 Å². The van der Waals surface area contributed by atoms with Crippen molar-refractivity contribution in [1.82, 2.24) is 0 Å². The molecule has 0 radical (unpaired) electrons. The molecule has 1 aromatic rings. The van der Waals surface area contributed by atoms with E-state index in [9.17, 15) is 13.2 Å².